The second-order valence-electron chi connectivity index (χ2n) is 20.7. The van der Waals surface area contributed by atoms with Gasteiger partial charge in [-0.25, -0.2) is 0 Å². The number of para-hydroxylation sites is 2. The molecule has 0 N–H and O–H groups in total. The number of nitrogens with zero attached hydrogens (tertiary/aromatic N) is 2. The van der Waals surface area contributed by atoms with Crippen molar-refractivity contribution in [2.24, 2.45) is 0 Å². The Morgan fingerprint density at radius 1 is 0.356 bits per heavy atom. The molecule has 0 amide bonds. The predicted molar refractivity (Wildman–Crippen MR) is 302 cm³/mol. The summed E-state index contributed by atoms with van der Waals surface area (Å²) in [7, 11) is 0. The number of benzene rings is 11. The maximum atomic E-state index is 6.88. The third kappa shape index (κ3) is 5.38. The summed E-state index contributed by atoms with van der Waals surface area (Å²) < 4.78 is 9.26. The Bertz CT molecular complexity index is 4430. The van der Waals surface area contributed by atoms with Crippen LogP contribution in [0.2, 0.25) is 0 Å². The molecule has 0 atom stereocenters. The summed E-state index contributed by atoms with van der Waals surface area (Å²) >= 11 is 0. The molecule has 1 spiro atoms. The number of furan rings is 1. The van der Waals surface area contributed by atoms with Crippen molar-refractivity contribution in [2.75, 3.05) is 4.90 Å². The molecule has 0 aliphatic heterocycles. The van der Waals surface area contributed by atoms with Gasteiger partial charge in [0, 0.05) is 38.6 Å². The molecule has 0 saturated heterocycles. The van der Waals surface area contributed by atoms with E-state index in [2.05, 4.69) is 266 Å². The van der Waals surface area contributed by atoms with E-state index in [4.69, 9.17) is 4.42 Å². The van der Waals surface area contributed by atoms with Crippen molar-refractivity contribution in [3.8, 4) is 50.2 Å². The van der Waals surface area contributed by atoms with Gasteiger partial charge < -0.3 is 13.9 Å². The van der Waals surface area contributed by atoms with Crippen molar-refractivity contribution >= 4 is 60.8 Å². The lowest BCUT2D eigenvalue weighted by Gasteiger charge is -2.32. The van der Waals surface area contributed by atoms with E-state index in [-0.39, 0.29) is 5.41 Å². The van der Waals surface area contributed by atoms with E-state index < -0.39 is 5.41 Å². The van der Waals surface area contributed by atoms with Crippen molar-refractivity contribution in [3.05, 3.63) is 276 Å². The zero-order valence-corrected chi connectivity index (χ0v) is 40.4. The highest BCUT2D eigenvalue weighted by Crippen LogP contribution is 2.63. The number of anilines is 3. The molecule has 73 heavy (non-hydrogen) atoms. The largest absolute Gasteiger partial charge is 0.456 e. The van der Waals surface area contributed by atoms with Gasteiger partial charge >= 0.3 is 0 Å². The molecule has 3 heteroatoms. The van der Waals surface area contributed by atoms with Crippen LogP contribution in [0, 0.1) is 0 Å². The minimum Gasteiger partial charge on any atom is -0.456 e. The maximum Gasteiger partial charge on any atom is 0.137 e. The number of hydrogen-bond acceptors (Lipinski definition) is 2. The van der Waals surface area contributed by atoms with E-state index in [1.54, 1.807) is 0 Å². The molecule has 3 aliphatic rings. The van der Waals surface area contributed by atoms with Crippen molar-refractivity contribution in [3.63, 3.8) is 0 Å². The summed E-state index contributed by atoms with van der Waals surface area (Å²) in [6.07, 6.45) is 0. The molecule has 2 heterocycles. The van der Waals surface area contributed by atoms with Crippen molar-refractivity contribution in [1.29, 1.82) is 0 Å². The zero-order valence-electron chi connectivity index (χ0n) is 40.4. The lowest BCUT2D eigenvalue weighted by atomic mass is 9.70. The van der Waals surface area contributed by atoms with Crippen LogP contribution >= 0.6 is 0 Å². The highest BCUT2D eigenvalue weighted by Gasteiger charge is 2.51. The molecule has 3 nitrogen and oxygen atoms in total. The van der Waals surface area contributed by atoms with E-state index >= 15 is 0 Å². The average Bonchev–Trinajstić information content (AvgIpc) is 4.21. The number of rotatable bonds is 5. The zero-order chi connectivity index (χ0) is 48.2. The van der Waals surface area contributed by atoms with Gasteiger partial charge in [-0.1, -0.05) is 178 Å². The molecule has 0 unspecified atom stereocenters. The highest BCUT2D eigenvalue weighted by molar-refractivity contribution is 6.15. The Labute approximate surface area is 423 Å². The van der Waals surface area contributed by atoms with Crippen LogP contribution in [0.3, 0.4) is 0 Å². The summed E-state index contributed by atoms with van der Waals surface area (Å²) in [6.45, 7) is 4.75. The fraction of sp³-hybridized carbons (Fsp3) is 0.0571. The Kier molecular flexibility index (Phi) is 8.16. The van der Waals surface area contributed by atoms with Crippen LogP contribution in [-0.4, -0.2) is 4.57 Å². The normalized spacial score (nSPS) is 14.1. The van der Waals surface area contributed by atoms with Gasteiger partial charge in [-0.05, 0) is 157 Å². The number of aromatic nitrogens is 1. The van der Waals surface area contributed by atoms with E-state index in [9.17, 15) is 0 Å². The van der Waals surface area contributed by atoms with Crippen molar-refractivity contribution < 1.29 is 4.42 Å². The summed E-state index contributed by atoms with van der Waals surface area (Å²) in [6, 6.07) is 90.2. The number of fused-ring (bicyclic) bond motifs is 19. The smallest absolute Gasteiger partial charge is 0.137 e. The maximum absolute atomic E-state index is 6.88. The second-order valence-corrected chi connectivity index (χ2v) is 20.7. The Morgan fingerprint density at radius 3 is 1.56 bits per heavy atom. The average molecular weight is 931 g/mol. The predicted octanol–water partition coefficient (Wildman–Crippen LogP) is 18.5. The fourth-order valence-corrected chi connectivity index (χ4v) is 13.7. The third-order valence-electron chi connectivity index (χ3n) is 16.8. The Morgan fingerprint density at radius 2 is 0.877 bits per heavy atom. The van der Waals surface area contributed by atoms with Gasteiger partial charge in [-0.3, -0.25) is 0 Å². The lowest BCUT2D eigenvalue weighted by Crippen LogP contribution is -2.26. The SMILES string of the molecule is CC1(C)c2ccccc2-c2ccc(N(c3ccc4c(c3)C3(c5ccccc5-c5ccccc53)c3ccccc3-4)c3cccc4oc5ccc(-c6ccc7c(c6)c6ccccc6n7-c6ccccc6)cc5c34)cc21. The van der Waals surface area contributed by atoms with Crippen molar-refractivity contribution in [1.82, 2.24) is 4.57 Å². The van der Waals surface area contributed by atoms with E-state index in [1.165, 1.54) is 88.6 Å². The Balaban J connectivity index is 0.934. The first-order valence-corrected chi connectivity index (χ1v) is 25.5. The van der Waals surface area contributed by atoms with Crippen LogP contribution in [0.4, 0.5) is 17.1 Å². The highest BCUT2D eigenvalue weighted by atomic mass is 16.3. The molecule has 0 bridgehead atoms. The quantitative estimate of drug-likeness (QED) is 0.171. The molecule has 16 rings (SSSR count). The van der Waals surface area contributed by atoms with Gasteiger partial charge in [0.05, 0.1) is 27.5 Å². The summed E-state index contributed by atoms with van der Waals surface area (Å²) in [5.74, 6) is 0. The van der Waals surface area contributed by atoms with Crippen LogP contribution in [0.1, 0.15) is 47.2 Å². The summed E-state index contributed by atoms with van der Waals surface area (Å²) in [5, 5.41) is 4.63. The van der Waals surface area contributed by atoms with E-state index in [1.807, 2.05) is 0 Å². The minimum absolute atomic E-state index is 0.188. The molecule has 11 aromatic carbocycles. The third-order valence-corrected chi connectivity index (χ3v) is 16.8. The first kappa shape index (κ1) is 40.5. The van der Waals surface area contributed by atoms with Crippen LogP contribution in [0.15, 0.2) is 247 Å². The van der Waals surface area contributed by atoms with Gasteiger partial charge in [0.2, 0.25) is 0 Å². The van der Waals surface area contributed by atoms with Crippen LogP contribution < -0.4 is 4.90 Å². The van der Waals surface area contributed by atoms with Gasteiger partial charge in [-0.2, -0.15) is 0 Å². The summed E-state index contributed by atoms with van der Waals surface area (Å²) in [5.41, 5.74) is 25.9. The molecular formula is C70H46N2O. The van der Waals surface area contributed by atoms with Gasteiger partial charge in [0.25, 0.3) is 0 Å². The topological polar surface area (TPSA) is 21.3 Å². The van der Waals surface area contributed by atoms with E-state index in [0.717, 1.165) is 55.8 Å². The molecule has 2 aromatic heterocycles. The van der Waals surface area contributed by atoms with Crippen LogP contribution in [-0.2, 0) is 10.8 Å². The van der Waals surface area contributed by atoms with Crippen LogP contribution in [0.25, 0.3) is 93.9 Å². The molecule has 342 valence electrons. The lowest BCUT2D eigenvalue weighted by molar-refractivity contribution is 0.660. The first-order chi connectivity index (χ1) is 36.0. The van der Waals surface area contributed by atoms with Crippen LogP contribution in [0.5, 0.6) is 0 Å². The van der Waals surface area contributed by atoms with Gasteiger partial charge in [0.15, 0.2) is 0 Å². The van der Waals surface area contributed by atoms with Crippen molar-refractivity contribution in [2.45, 2.75) is 24.7 Å². The molecule has 0 radical (unpaired) electrons. The Hall–Kier alpha value is -9.18. The number of hydrogen-bond donors (Lipinski definition) is 0. The molecule has 3 aliphatic carbocycles. The van der Waals surface area contributed by atoms with Gasteiger partial charge in [0.1, 0.15) is 11.2 Å². The molecular weight excluding hydrogens is 885 g/mol. The first-order valence-electron chi connectivity index (χ1n) is 25.5. The molecule has 0 saturated carbocycles. The summed E-state index contributed by atoms with van der Waals surface area (Å²) in [4.78, 5) is 2.51. The molecule has 13 aromatic rings. The van der Waals surface area contributed by atoms with Gasteiger partial charge in [-0.15, -0.1) is 0 Å². The second kappa shape index (κ2) is 14.7. The minimum atomic E-state index is -0.486. The van der Waals surface area contributed by atoms with E-state index in [0.29, 0.717) is 0 Å². The monoisotopic (exact) mass is 930 g/mol. The standard InChI is InChI=1S/C70H46N2O/c1-69(2)57-24-11-6-19-48(57)52-35-33-46(41-61(52)69)71(47-34-36-53-51-22-9-14-27-60(51)70(62(53)42-47)58-25-12-7-20-49(58)50-21-8-13-26-59(50)70)65-29-16-30-67-68(65)56-40-44(32-38-66(56)73-67)43-31-37-64-55(39-43)54-23-10-15-28-63(54)72(64)45-17-4-3-5-18-45/h3-42H,1-2H3. The fourth-order valence-electron chi connectivity index (χ4n) is 13.7. The molecule has 0 fully saturated rings.